The van der Waals surface area contributed by atoms with Crippen LogP contribution < -0.4 is 4.80 Å². The van der Waals surface area contributed by atoms with Gasteiger partial charge in [-0.2, -0.15) is 4.99 Å². The molecule has 24 heavy (non-hydrogen) atoms. The Bertz CT molecular complexity index is 807. The molecule has 2 amide bonds. The molecular weight excluding hydrogens is 329 g/mol. The SMILES string of the molecule is Cc1cc(C)cc(-n2cc(CO)s/c2=N\C(=O)N2CC[C@@H](F)C2)c1. The third kappa shape index (κ3) is 3.57. The summed E-state index contributed by atoms with van der Waals surface area (Å²) in [5, 5.41) is 9.42. The monoisotopic (exact) mass is 349 g/mol. The fourth-order valence-corrected chi connectivity index (χ4v) is 3.70. The first-order valence-corrected chi connectivity index (χ1v) is 8.66. The van der Waals surface area contributed by atoms with Crippen molar-refractivity contribution in [1.29, 1.82) is 0 Å². The number of aliphatic hydroxyl groups excluding tert-OH is 1. The van der Waals surface area contributed by atoms with E-state index in [0.717, 1.165) is 16.8 Å². The van der Waals surface area contributed by atoms with E-state index in [9.17, 15) is 14.3 Å². The Morgan fingerprint density at radius 3 is 2.67 bits per heavy atom. The number of amides is 2. The zero-order valence-electron chi connectivity index (χ0n) is 13.7. The number of aliphatic hydroxyl groups is 1. The van der Waals surface area contributed by atoms with Crippen molar-refractivity contribution in [3.8, 4) is 5.69 Å². The molecule has 0 radical (unpaired) electrons. The van der Waals surface area contributed by atoms with Gasteiger partial charge in [-0.1, -0.05) is 17.4 Å². The molecule has 1 atom stereocenters. The quantitative estimate of drug-likeness (QED) is 0.906. The maximum Gasteiger partial charge on any atom is 0.346 e. The lowest BCUT2D eigenvalue weighted by atomic mass is 10.1. The molecule has 0 saturated carbocycles. The molecule has 0 bridgehead atoms. The lowest BCUT2D eigenvalue weighted by molar-refractivity contribution is 0.213. The molecule has 1 aliphatic rings. The molecule has 1 N–H and O–H groups in total. The predicted molar refractivity (Wildman–Crippen MR) is 91.1 cm³/mol. The molecule has 5 nitrogen and oxygen atoms in total. The summed E-state index contributed by atoms with van der Waals surface area (Å²) in [5.41, 5.74) is 3.09. The molecule has 128 valence electrons. The molecule has 0 spiro atoms. The lowest BCUT2D eigenvalue weighted by Crippen LogP contribution is -2.28. The summed E-state index contributed by atoms with van der Waals surface area (Å²) in [4.78, 5) is 19.1. The van der Waals surface area contributed by atoms with Gasteiger partial charge in [-0.25, -0.2) is 9.18 Å². The van der Waals surface area contributed by atoms with Gasteiger partial charge < -0.3 is 10.0 Å². The summed E-state index contributed by atoms with van der Waals surface area (Å²) in [6, 6.07) is 5.63. The maximum atomic E-state index is 13.3. The van der Waals surface area contributed by atoms with Gasteiger partial charge in [-0.3, -0.25) is 4.57 Å². The number of alkyl halides is 1. The summed E-state index contributed by atoms with van der Waals surface area (Å²) >= 11 is 1.26. The number of aromatic nitrogens is 1. The summed E-state index contributed by atoms with van der Waals surface area (Å²) in [7, 11) is 0. The summed E-state index contributed by atoms with van der Waals surface area (Å²) < 4.78 is 15.1. The molecule has 1 saturated heterocycles. The van der Waals surface area contributed by atoms with Crippen LogP contribution in [0.5, 0.6) is 0 Å². The van der Waals surface area contributed by atoms with Crippen LogP contribution in [0.3, 0.4) is 0 Å². The van der Waals surface area contributed by atoms with Gasteiger partial charge in [0.15, 0.2) is 4.80 Å². The molecule has 0 unspecified atom stereocenters. The fraction of sp³-hybridized carbons (Fsp3) is 0.412. The second-order valence-corrected chi connectivity index (χ2v) is 7.17. The van der Waals surface area contributed by atoms with Gasteiger partial charge in [-0.05, 0) is 43.5 Å². The Morgan fingerprint density at radius 1 is 1.38 bits per heavy atom. The minimum Gasteiger partial charge on any atom is -0.391 e. The number of urea groups is 1. The van der Waals surface area contributed by atoms with Crippen molar-refractivity contribution in [3.05, 3.63) is 45.2 Å². The largest absolute Gasteiger partial charge is 0.391 e. The zero-order chi connectivity index (χ0) is 17.3. The number of nitrogens with zero attached hydrogens (tertiary/aromatic N) is 3. The van der Waals surface area contributed by atoms with Gasteiger partial charge in [0.1, 0.15) is 6.17 Å². The molecule has 1 aromatic carbocycles. The highest BCUT2D eigenvalue weighted by Gasteiger charge is 2.25. The zero-order valence-corrected chi connectivity index (χ0v) is 14.5. The van der Waals surface area contributed by atoms with Crippen molar-refractivity contribution in [2.75, 3.05) is 13.1 Å². The fourth-order valence-electron chi connectivity index (χ4n) is 2.86. The van der Waals surface area contributed by atoms with Crippen LogP contribution >= 0.6 is 11.3 Å². The van der Waals surface area contributed by atoms with Crippen molar-refractivity contribution < 1.29 is 14.3 Å². The van der Waals surface area contributed by atoms with Crippen LogP contribution in [0.1, 0.15) is 22.4 Å². The number of carbonyl (C=O) groups is 1. The first-order valence-electron chi connectivity index (χ1n) is 7.85. The number of rotatable bonds is 2. The molecular formula is C17H20FN3O2S. The maximum absolute atomic E-state index is 13.3. The number of benzene rings is 1. The first kappa shape index (κ1) is 16.9. The van der Waals surface area contributed by atoms with Crippen LogP contribution in [0.2, 0.25) is 0 Å². The number of thiazole rings is 1. The van der Waals surface area contributed by atoms with Crippen molar-refractivity contribution in [2.45, 2.75) is 33.0 Å². The van der Waals surface area contributed by atoms with Gasteiger partial charge in [-0.15, -0.1) is 0 Å². The van der Waals surface area contributed by atoms with Crippen LogP contribution in [0, 0.1) is 13.8 Å². The Balaban J connectivity index is 2.03. The molecule has 0 aliphatic carbocycles. The molecule has 1 aliphatic heterocycles. The summed E-state index contributed by atoms with van der Waals surface area (Å²) in [6.45, 7) is 4.39. The number of likely N-dealkylation sites (tertiary alicyclic amines) is 1. The van der Waals surface area contributed by atoms with E-state index in [1.165, 1.54) is 16.2 Å². The second kappa shape index (κ2) is 6.86. The Morgan fingerprint density at radius 2 is 2.08 bits per heavy atom. The highest BCUT2D eigenvalue weighted by atomic mass is 32.1. The molecule has 1 aromatic heterocycles. The first-order chi connectivity index (χ1) is 11.5. The van der Waals surface area contributed by atoms with Gasteiger partial charge >= 0.3 is 6.03 Å². The number of aryl methyl sites for hydroxylation is 2. The second-order valence-electron chi connectivity index (χ2n) is 6.08. The van der Waals surface area contributed by atoms with Gasteiger partial charge in [0.25, 0.3) is 0 Å². The van der Waals surface area contributed by atoms with E-state index in [-0.39, 0.29) is 13.2 Å². The number of hydrogen-bond acceptors (Lipinski definition) is 3. The van der Waals surface area contributed by atoms with Crippen molar-refractivity contribution in [3.63, 3.8) is 0 Å². The number of carbonyl (C=O) groups excluding carboxylic acids is 1. The van der Waals surface area contributed by atoms with E-state index in [0.29, 0.717) is 22.6 Å². The highest BCUT2D eigenvalue weighted by Crippen LogP contribution is 2.16. The summed E-state index contributed by atoms with van der Waals surface area (Å²) in [6.07, 6.45) is 1.18. The average Bonchev–Trinajstić information content (AvgIpc) is 3.12. The average molecular weight is 349 g/mol. The van der Waals surface area contributed by atoms with E-state index in [1.807, 2.05) is 26.0 Å². The van der Waals surface area contributed by atoms with Gasteiger partial charge in [0.05, 0.1) is 18.0 Å². The highest BCUT2D eigenvalue weighted by molar-refractivity contribution is 7.09. The van der Waals surface area contributed by atoms with E-state index in [2.05, 4.69) is 11.1 Å². The minimum absolute atomic E-state index is 0.101. The Labute approximate surface area is 143 Å². The smallest absolute Gasteiger partial charge is 0.346 e. The van der Waals surface area contributed by atoms with E-state index >= 15 is 0 Å². The third-order valence-electron chi connectivity index (χ3n) is 3.93. The molecule has 3 rings (SSSR count). The summed E-state index contributed by atoms with van der Waals surface area (Å²) in [5.74, 6) is 0. The Kier molecular flexibility index (Phi) is 4.82. The minimum atomic E-state index is -0.966. The van der Waals surface area contributed by atoms with Crippen molar-refractivity contribution in [2.24, 2.45) is 4.99 Å². The van der Waals surface area contributed by atoms with Crippen LogP contribution in [0.4, 0.5) is 9.18 Å². The van der Waals surface area contributed by atoms with Crippen molar-refractivity contribution >= 4 is 17.4 Å². The van der Waals surface area contributed by atoms with Crippen molar-refractivity contribution in [1.82, 2.24) is 9.47 Å². The molecule has 2 aromatic rings. The van der Waals surface area contributed by atoms with Crippen LogP contribution in [0.25, 0.3) is 5.69 Å². The number of halogens is 1. The normalized spacial score (nSPS) is 18.4. The van der Waals surface area contributed by atoms with Crippen LogP contribution in [-0.2, 0) is 6.61 Å². The number of hydrogen-bond donors (Lipinski definition) is 1. The Hall–Kier alpha value is -1.99. The molecule has 1 fully saturated rings. The van der Waals surface area contributed by atoms with E-state index < -0.39 is 12.2 Å². The van der Waals surface area contributed by atoms with Crippen LogP contribution in [-0.4, -0.2) is 39.9 Å². The molecule has 7 heteroatoms. The third-order valence-corrected chi connectivity index (χ3v) is 4.90. The molecule has 2 heterocycles. The van der Waals surface area contributed by atoms with E-state index in [1.54, 1.807) is 10.8 Å². The standard InChI is InChI=1S/C17H20FN3O2S/c1-11-5-12(2)7-14(6-11)21-9-15(10-22)24-17(21)19-16(23)20-4-3-13(18)8-20/h5-7,9,13,22H,3-4,8,10H2,1-2H3/b19-17-/t13-/m1/s1. The van der Waals surface area contributed by atoms with Gasteiger partial charge in [0, 0.05) is 18.4 Å². The predicted octanol–water partition coefficient (Wildman–Crippen LogP) is 2.71. The van der Waals surface area contributed by atoms with Crippen LogP contribution in [0.15, 0.2) is 29.4 Å². The van der Waals surface area contributed by atoms with E-state index in [4.69, 9.17) is 0 Å². The lowest BCUT2D eigenvalue weighted by Gasteiger charge is -2.11. The van der Waals surface area contributed by atoms with Gasteiger partial charge in [0.2, 0.25) is 0 Å². The topological polar surface area (TPSA) is 57.8 Å².